The maximum absolute atomic E-state index is 12.5. The summed E-state index contributed by atoms with van der Waals surface area (Å²) in [6, 6.07) is 3.67. The minimum Gasteiger partial charge on any atom is -0.402 e. The van der Waals surface area contributed by atoms with E-state index in [-0.39, 0.29) is 17.5 Å². The van der Waals surface area contributed by atoms with E-state index in [1.54, 1.807) is 6.92 Å². The minimum absolute atomic E-state index is 0.0394. The predicted octanol–water partition coefficient (Wildman–Crippen LogP) is 4.08. The van der Waals surface area contributed by atoms with Gasteiger partial charge in [0.1, 0.15) is 4.88 Å². The van der Waals surface area contributed by atoms with E-state index in [0.717, 1.165) is 35.0 Å². The SMILES string of the molecule is Cc1nc(C)c(-c2nnc(NC(=O)c3ccc(C(F)(F)F)cc3)o2)s1. The number of halogens is 3. The highest BCUT2D eigenvalue weighted by molar-refractivity contribution is 7.15. The van der Waals surface area contributed by atoms with Gasteiger partial charge in [-0.25, -0.2) is 4.98 Å². The second-order valence-electron chi connectivity index (χ2n) is 5.09. The van der Waals surface area contributed by atoms with Crippen LogP contribution in [-0.2, 0) is 6.18 Å². The highest BCUT2D eigenvalue weighted by Gasteiger charge is 2.30. The number of hydrogen-bond donors (Lipinski definition) is 1. The van der Waals surface area contributed by atoms with Gasteiger partial charge in [-0.1, -0.05) is 5.10 Å². The lowest BCUT2D eigenvalue weighted by Crippen LogP contribution is -2.13. The van der Waals surface area contributed by atoms with Gasteiger partial charge in [0.15, 0.2) is 0 Å². The Labute approximate surface area is 143 Å². The molecule has 130 valence electrons. The van der Waals surface area contributed by atoms with Crippen molar-refractivity contribution in [3.8, 4) is 10.8 Å². The first-order valence-electron chi connectivity index (χ1n) is 7.00. The van der Waals surface area contributed by atoms with Crippen LogP contribution in [0.15, 0.2) is 28.7 Å². The van der Waals surface area contributed by atoms with Crippen LogP contribution in [0.25, 0.3) is 10.8 Å². The number of rotatable bonds is 3. The van der Waals surface area contributed by atoms with E-state index in [9.17, 15) is 18.0 Å². The Morgan fingerprint density at radius 2 is 1.84 bits per heavy atom. The second kappa shape index (κ2) is 6.28. The number of carbonyl (C=O) groups excluding carboxylic acids is 1. The second-order valence-corrected chi connectivity index (χ2v) is 6.29. The molecule has 0 unspecified atom stereocenters. The van der Waals surface area contributed by atoms with Gasteiger partial charge in [-0.2, -0.15) is 13.2 Å². The summed E-state index contributed by atoms with van der Waals surface area (Å²) >= 11 is 1.37. The molecule has 0 fully saturated rings. The third kappa shape index (κ3) is 3.68. The molecule has 3 rings (SSSR count). The van der Waals surface area contributed by atoms with Gasteiger partial charge in [0.05, 0.1) is 16.3 Å². The van der Waals surface area contributed by atoms with Crippen LogP contribution in [0.5, 0.6) is 0 Å². The highest BCUT2D eigenvalue weighted by atomic mass is 32.1. The number of aromatic nitrogens is 3. The first-order chi connectivity index (χ1) is 11.7. The van der Waals surface area contributed by atoms with Gasteiger partial charge in [-0.15, -0.1) is 16.4 Å². The van der Waals surface area contributed by atoms with Crippen LogP contribution >= 0.6 is 11.3 Å². The quantitative estimate of drug-likeness (QED) is 0.753. The standard InChI is InChI=1S/C15H11F3N4O2S/c1-7-11(25-8(2)19-7)13-21-22-14(24-13)20-12(23)9-3-5-10(6-4-9)15(16,17)18/h3-6H,1-2H3,(H,20,22,23). The van der Waals surface area contributed by atoms with Crippen LogP contribution in [0.3, 0.4) is 0 Å². The molecule has 1 N–H and O–H groups in total. The smallest absolute Gasteiger partial charge is 0.402 e. The molecule has 0 aliphatic heterocycles. The highest BCUT2D eigenvalue weighted by Crippen LogP contribution is 2.30. The summed E-state index contributed by atoms with van der Waals surface area (Å²) in [6.45, 7) is 3.63. The van der Waals surface area contributed by atoms with Crippen molar-refractivity contribution in [1.82, 2.24) is 15.2 Å². The number of nitrogens with zero attached hydrogens (tertiary/aromatic N) is 3. The lowest BCUT2D eigenvalue weighted by atomic mass is 10.1. The first kappa shape index (κ1) is 17.1. The Morgan fingerprint density at radius 3 is 2.40 bits per heavy atom. The predicted molar refractivity (Wildman–Crippen MR) is 84.3 cm³/mol. The number of hydrogen-bond acceptors (Lipinski definition) is 6. The van der Waals surface area contributed by atoms with E-state index in [4.69, 9.17) is 4.42 Å². The number of alkyl halides is 3. The van der Waals surface area contributed by atoms with Gasteiger partial charge in [0.2, 0.25) is 0 Å². The Hall–Kier alpha value is -2.75. The third-order valence-corrected chi connectivity index (χ3v) is 4.28. The van der Waals surface area contributed by atoms with Crippen molar-refractivity contribution in [2.24, 2.45) is 0 Å². The van der Waals surface area contributed by atoms with Gasteiger partial charge in [0, 0.05) is 5.56 Å². The molecule has 0 aliphatic rings. The number of aryl methyl sites for hydroxylation is 2. The summed E-state index contributed by atoms with van der Waals surface area (Å²) in [5.41, 5.74) is -0.0653. The van der Waals surface area contributed by atoms with E-state index >= 15 is 0 Å². The molecule has 0 aliphatic carbocycles. The Bertz CT molecular complexity index is 916. The zero-order valence-corrected chi connectivity index (χ0v) is 13.8. The molecule has 1 amide bonds. The zero-order valence-electron chi connectivity index (χ0n) is 13.0. The molecular formula is C15H11F3N4O2S. The minimum atomic E-state index is -4.46. The molecule has 0 bridgehead atoms. The van der Waals surface area contributed by atoms with Crippen LogP contribution in [0.1, 0.15) is 26.6 Å². The van der Waals surface area contributed by atoms with Gasteiger partial charge >= 0.3 is 12.2 Å². The number of amides is 1. The molecule has 25 heavy (non-hydrogen) atoms. The fraction of sp³-hybridized carbons (Fsp3) is 0.200. The summed E-state index contributed by atoms with van der Waals surface area (Å²) in [6.07, 6.45) is -4.46. The molecule has 0 spiro atoms. The van der Waals surface area contributed by atoms with E-state index in [2.05, 4.69) is 20.5 Å². The number of nitrogens with one attached hydrogen (secondary N) is 1. The van der Waals surface area contributed by atoms with E-state index in [1.807, 2.05) is 6.92 Å². The van der Waals surface area contributed by atoms with E-state index in [1.165, 1.54) is 11.3 Å². The molecule has 1 aromatic carbocycles. The van der Waals surface area contributed by atoms with Crippen LogP contribution in [0.4, 0.5) is 19.2 Å². The molecule has 0 atom stereocenters. The summed E-state index contributed by atoms with van der Waals surface area (Å²) in [4.78, 5) is 17.0. The molecule has 0 saturated heterocycles. The fourth-order valence-electron chi connectivity index (χ4n) is 2.08. The summed E-state index contributed by atoms with van der Waals surface area (Å²) < 4.78 is 43.0. The zero-order chi connectivity index (χ0) is 18.2. The van der Waals surface area contributed by atoms with Crippen molar-refractivity contribution < 1.29 is 22.4 Å². The van der Waals surface area contributed by atoms with Crippen molar-refractivity contribution in [2.75, 3.05) is 5.32 Å². The van der Waals surface area contributed by atoms with Crippen molar-refractivity contribution in [3.05, 3.63) is 46.1 Å². The molecule has 2 heterocycles. The Morgan fingerprint density at radius 1 is 1.16 bits per heavy atom. The lowest BCUT2D eigenvalue weighted by molar-refractivity contribution is -0.137. The normalized spacial score (nSPS) is 11.6. The molecular weight excluding hydrogens is 357 g/mol. The average Bonchev–Trinajstić information content (AvgIpc) is 3.12. The number of carbonyl (C=O) groups is 1. The van der Waals surface area contributed by atoms with Crippen LogP contribution in [0, 0.1) is 13.8 Å². The van der Waals surface area contributed by atoms with E-state index in [0.29, 0.717) is 4.88 Å². The maximum atomic E-state index is 12.5. The number of benzene rings is 1. The van der Waals surface area contributed by atoms with Gasteiger partial charge < -0.3 is 4.42 Å². The van der Waals surface area contributed by atoms with Crippen molar-refractivity contribution in [3.63, 3.8) is 0 Å². The van der Waals surface area contributed by atoms with Crippen molar-refractivity contribution >= 4 is 23.3 Å². The molecule has 3 aromatic rings. The van der Waals surface area contributed by atoms with Gasteiger partial charge in [0.25, 0.3) is 11.8 Å². The lowest BCUT2D eigenvalue weighted by Gasteiger charge is -2.07. The number of thiazole rings is 1. The third-order valence-electron chi connectivity index (χ3n) is 3.22. The topological polar surface area (TPSA) is 80.9 Å². The number of anilines is 1. The largest absolute Gasteiger partial charge is 0.416 e. The fourth-order valence-corrected chi connectivity index (χ4v) is 2.92. The maximum Gasteiger partial charge on any atom is 0.416 e. The van der Waals surface area contributed by atoms with Crippen LogP contribution < -0.4 is 5.32 Å². The average molecular weight is 368 g/mol. The Kier molecular flexibility index (Phi) is 4.29. The van der Waals surface area contributed by atoms with E-state index < -0.39 is 17.6 Å². The summed E-state index contributed by atoms with van der Waals surface area (Å²) in [5, 5.41) is 10.8. The molecule has 0 radical (unpaired) electrons. The molecule has 10 heteroatoms. The van der Waals surface area contributed by atoms with Crippen LogP contribution in [0.2, 0.25) is 0 Å². The summed E-state index contributed by atoms with van der Waals surface area (Å²) in [7, 11) is 0. The monoisotopic (exact) mass is 368 g/mol. The van der Waals surface area contributed by atoms with Gasteiger partial charge in [-0.05, 0) is 38.1 Å². The van der Waals surface area contributed by atoms with Crippen molar-refractivity contribution in [1.29, 1.82) is 0 Å². The van der Waals surface area contributed by atoms with Gasteiger partial charge in [-0.3, -0.25) is 10.1 Å². The first-order valence-corrected chi connectivity index (χ1v) is 7.82. The molecule has 0 saturated carbocycles. The molecule has 6 nitrogen and oxygen atoms in total. The Balaban J connectivity index is 1.74. The van der Waals surface area contributed by atoms with Crippen LogP contribution in [-0.4, -0.2) is 21.1 Å². The van der Waals surface area contributed by atoms with Crippen molar-refractivity contribution in [2.45, 2.75) is 20.0 Å². The molecule has 2 aromatic heterocycles. The summed E-state index contributed by atoms with van der Waals surface area (Å²) in [5.74, 6) is -0.438.